The second kappa shape index (κ2) is 14.0. The topological polar surface area (TPSA) is 121 Å². The molecule has 8 nitrogen and oxygen atoms in total. The molecule has 2 aromatic rings. The molecule has 0 fully saturated rings. The predicted molar refractivity (Wildman–Crippen MR) is 108 cm³/mol. The molecule has 2 aromatic carbocycles. The molecule has 0 atom stereocenters. The molecular weight excluding hydrogens is 419 g/mol. The van der Waals surface area contributed by atoms with E-state index in [9.17, 15) is 10.2 Å². The molecule has 3 N–H and O–H groups in total. The summed E-state index contributed by atoms with van der Waals surface area (Å²) in [6.07, 6.45) is 3.18. The van der Waals surface area contributed by atoms with Gasteiger partial charge in [-0.3, -0.25) is 14.8 Å². The van der Waals surface area contributed by atoms with Crippen LogP contribution in [0.1, 0.15) is 18.1 Å². The van der Waals surface area contributed by atoms with Gasteiger partial charge in [-0.1, -0.05) is 0 Å². The maximum absolute atomic E-state index is 9.81. The van der Waals surface area contributed by atoms with Crippen LogP contribution in [0.5, 0.6) is 23.0 Å². The van der Waals surface area contributed by atoms with Crippen LogP contribution in [-0.2, 0) is 21.9 Å². The molecule has 29 heavy (non-hydrogen) atoms. The number of hydrogen-bond acceptors (Lipinski definition) is 7. The average molecular weight is 443 g/mol. The molecule has 0 saturated heterocycles. The van der Waals surface area contributed by atoms with Crippen LogP contribution in [0, 0.1) is 0 Å². The standard InChI is InChI=1S/C18H20N2O4.C2H4O2.Mn/c1-23-15-5-3-13(17(21)9-15)11-19-7-8-20-12-14-4-6-16(24-2)10-18(14)22;1-2(3)4;/h3-6,9-12,21-22H,7-8H2,1-2H3;1H3,(H,3,4);. The molecule has 0 saturated carbocycles. The molecule has 0 amide bonds. The Labute approximate surface area is 180 Å². The molecule has 0 aromatic heterocycles. The Hall–Kier alpha value is -3.03. The van der Waals surface area contributed by atoms with E-state index in [1.165, 1.54) is 12.1 Å². The second-order valence-corrected chi connectivity index (χ2v) is 5.44. The zero-order chi connectivity index (χ0) is 20.9. The van der Waals surface area contributed by atoms with Gasteiger partial charge in [0.05, 0.1) is 27.3 Å². The maximum Gasteiger partial charge on any atom is 0.300 e. The summed E-state index contributed by atoms with van der Waals surface area (Å²) in [4.78, 5) is 17.4. The number of aromatic hydroxyl groups is 2. The third-order valence-corrected chi connectivity index (χ3v) is 3.29. The molecule has 0 heterocycles. The van der Waals surface area contributed by atoms with E-state index in [1.807, 2.05) is 0 Å². The predicted octanol–water partition coefficient (Wildman–Crippen LogP) is 2.74. The quantitative estimate of drug-likeness (QED) is 0.344. The van der Waals surface area contributed by atoms with Gasteiger partial charge in [0.25, 0.3) is 5.97 Å². The van der Waals surface area contributed by atoms with E-state index in [2.05, 4.69) is 9.98 Å². The minimum Gasteiger partial charge on any atom is -0.507 e. The minimum absolute atomic E-state index is 0. The van der Waals surface area contributed by atoms with Crippen molar-refractivity contribution in [2.45, 2.75) is 6.92 Å². The third kappa shape index (κ3) is 10.2. The molecule has 1 radical (unpaired) electrons. The van der Waals surface area contributed by atoms with Gasteiger partial charge < -0.3 is 24.8 Å². The Morgan fingerprint density at radius 1 is 0.897 bits per heavy atom. The van der Waals surface area contributed by atoms with E-state index in [4.69, 9.17) is 19.4 Å². The van der Waals surface area contributed by atoms with Crippen molar-refractivity contribution in [2.75, 3.05) is 27.3 Å². The molecule has 0 spiro atoms. The van der Waals surface area contributed by atoms with Crippen LogP contribution >= 0.6 is 0 Å². The average Bonchev–Trinajstić information content (AvgIpc) is 2.66. The molecule has 2 rings (SSSR count). The zero-order valence-corrected chi connectivity index (χ0v) is 17.6. The van der Waals surface area contributed by atoms with Crippen LogP contribution in [0.2, 0.25) is 0 Å². The minimum atomic E-state index is -0.833. The number of benzene rings is 2. The van der Waals surface area contributed by atoms with Gasteiger partial charge in [-0.25, -0.2) is 0 Å². The summed E-state index contributed by atoms with van der Waals surface area (Å²) in [6.45, 7) is 2.03. The van der Waals surface area contributed by atoms with Crippen molar-refractivity contribution >= 4 is 18.4 Å². The van der Waals surface area contributed by atoms with E-state index < -0.39 is 5.97 Å². The summed E-state index contributed by atoms with van der Waals surface area (Å²) in [6, 6.07) is 10.0. The number of methoxy groups -OCH3 is 2. The summed E-state index contributed by atoms with van der Waals surface area (Å²) in [7, 11) is 3.09. The van der Waals surface area contributed by atoms with Crippen LogP contribution in [0.4, 0.5) is 0 Å². The van der Waals surface area contributed by atoms with E-state index in [0.29, 0.717) is 35.7 Å². The van der Waals surface area contributed by atoms with Crippen molar-refractivity contribution in [3.8, 4) is 23.0 Å². The van der Waals surface area contributed by atoms with Crippen molar-refractivity contribution in [3.05, 3.63) is 47.5 Å². The third-order valence-electron chi connectivity index (χ3n) is 3.29. The Balaban J connectivity index is 0.00000143. The SMILES string of the molecule is CC(=O)O.COc1ccc(C=NCCN=Cc2ccc(OC)cc2O)c(O)c1.[Mn]. The number of phenols is 2. The first kappa shape index (κ1) is 26.0. The van der Waals surface area contributed by atoms with Gasteiger partial charge in [0, 0.05) is 59.7 Å². The maximum atomic E-state index is 9.81. The van der Waals surface area contributed by atoms with Gasteiger partial charge in [-0.2, -0.15) is 0 Å². The molecule has 157 valence electrons. The van der Waals surface area contributed by atoms with Gasteiger partial charge in [0.2, 0.25) is 0 Å². The molecule has 0 aliphatic carbocycles. The summed E-state index contributed by atoms with van der Waals surface area (Å²) < 4.78 is 10.0. The first-order chi connectivity index (χ1) is 13.4. The first-order valence-electron chi connectivity index (χ1n) is 8.30. The van der Waals surface area contributed by atoms with Gasteiger partial charge in [0.1, 0.15) is 23.0 Å². The summed E-state index contributed by atoms with van der Waals surface area (Å²) in [5, 5.41) is 27.0. The Morgan fingerprint density at radius 3 is 1.52 bits per heavy atom. The molecule has 0 aliphatic heterocycles. The monoisotopic (exact) mass is 443 g/mol. The zero-order valence-electron chi connectivity index (χ0n) is 16.4. The second-order valence-electron chi connectivity index (χ2n) is 5.44. The fourth-order valence-electron chi connectivity index (χ4n) is 1.96. The molecular formula is C20H24MnN2O6. The number of carbonyl (C=O) groups is 1. The van der Waals surface area contributed by atoms with Crippen LogP contribution in [0.15, 0.2) is 46.4 Å². The van der Waals surface area contributed by atoms with Gasteiger partial charge in [-0.15, -0.1) is 0 Å². The van der Waals surface area contributed by atoms with Gasteiger partial charge in [-0.05, 0) is 24.3 Å². The Morgan fingerprint density at radius 2 is 1.24 bits per heavy atom. The smallest absolute Gasteiger partial charge is 0.300 e. The first-order valence-corrected chi connectivity index (χ1v) is 8.30. The number of carboxylic acid groups (broad SMARTS) is 1. The summed E-state index contributed by atoms with van der Waals surface area (Å²) >= 11 is 0. The number of carboxylic acids is 1. The van der Waals surface area contributed by atoms with Crippen molar-refractivity contribution in [1.29, 1.82) is 0 Å². The fraction of sp³-hybridized carbons (Fsp3) is 0.250. The van der Waals surface area contributed by atoms with E-state index >= 15 is 0 Å². The van der Waals surface area contributed by atoms with E-state index in [1.54, 1.807) is 50.9 Å². The van der Waals surface area contributed by atoms with Crippen LogP contribution in [-0.4, -0.2) is 61.0 Å². The van der Waals surface area contributed by atoms with Crippen LogP contribution < -0.4 is 9.47 Å². The van der Waals surface area contributed by atoms with Crippen LogP contribution in [0.25, 0.3) is 0 Å². The number of nitrogens with zero attached hydrogens (tertiary/aromatic N) is 2. The number of rotatable bonds is 7. The van der Waals surface area contributed by atoms with Crippen LogP contribution in [0.3, 0.4) is 0 Å². The van der Waals surface area contributed by atoms with Crippen molar-refractivity contribution < 1.29 is 46.7 Å². The van der Waals surface area contributed by atoms with Gasteiger partial charge >= 0.3 is 0 Å². The number of ether oxygens (including phenoxy) is 2. The summed E-state index contributed by atoms with van der Waals surface area (Å²) in [5.74, 6) is 0.580. The molecule has 0 aliphatic rings. The Bertz CT molecular complexity index is 772. The van der Waals surface area contributed by atoms with Crippen molar-refractivity contribution in [3.63, 3.8) is 0 Å². The van der Waals surface area contributed by atoms with Gasteiger partial charge in [0.15, 0.2) is 0 Å². The fourth-order valence-corrected chi connectivity index (χ4v) is 1.96. The Kier molecular flexibility index (Phi) is 12.6. The normalized spacial score (nSPS) is 10.2. The molecule has 0 unspecified atom stereocenters. The number of phenolic OH excluding ortho intramolecular Hbond substituents is 2. The summed E-state index contributed by atoms with van der Waals surface area (Å²) in [5.41, 5.74) is 1.24. The number of aliphatic carboxylic acids is 1. The molecule has 0 bridgehead atoms. The van der Waals surface area contributed by atoms with Crippen molar-refractivity contribution in [2.24, 2.45) is 9.98 Å². The number of hydrogen-bond donors (Lipinski definition) is 3. The number of aliphatic imine (C=N–C) groups is 2. The van der Waals surface area contributed by atoms with E-state index in [0.717, 1.165) is 6.92 Å². The molecule has 9 heteroatoms. The van der Waals surface area contributed by atoms with E-state index in [-0.39, 0.29) is 28.6 Å². The largest absolute Gasteiger partial charge is 0.507 e. The van der Waals surface area contributed by atoms with Crippen molar-refractivity contribution in [1.82, 2.24) is 0 Å².